The predicted molar refractivity (Wildman–Crippen MR) is 162 cm³/mol. The molecule has 5 saturated carbocycles. The summed E-state index contributed by atoms with van der Waals surface area (Å²) < 4.78 is 30.9. The first-order chi connectivity index (χ1) is 22.1. The molecule has 0 amide bonds. The average Bonchev–Trinajstić information content (AvgIpc) is 3.62. The zero-order valence-electron chi connectivity index (χ0n) is 29.0. The minimum absolute atomic E-state index is 0.208. The van der Waals surface area contributed by atoms with Crippen molar-refractivity contribution in [1.82, 2.24) is 0 Å². The quantitative estimate of drug-likeness (QED) is 0.188. The molecule has 13 nitrogen and oxygen atoms in total. The molecule has 2 aliphatic heterocycles. The molecule has 7 aliphatic rings. The van der Waals surface area contributed by atoms with Gasteiger partial charge in [-0.25, -0.2) is 4.79 Å². The Morgan fingerprint density at radius 1 is 0.750 bits per heavy atom. The molecule has 1 spiro atoms. The molecule has 7 fully saturated rings. The third-order valence-electron chi connectivity index (χ3n) is 15.1. The van der Waals surface area contributed by atoms with E-state index in [4.69, 9.17) is 23.7 Å². The van der Waals surface area contributed by atoms with Gasteiger partial charge in [0.1, 0.15) is 24.4 Å². The molecule has 7 rings (SSSR count). The lowest BCUT2D eigenvalue weighted by atomic mass is 9.40. The summed E-state index contributed by atoms with van der Waals surface area (Å²) >= 11 is 0. The highest BCUT2D eigenvalue weighted by Crippen LogP contribution is 2.81. The molecule has 0 radical (unpaired) electrons. The van der Waals surface area contributed by atoms with Crippen LogP contribution in [0.3, 0.4) is 0 Å². The van der Waals surface area contributed by atoms with Gasteiger partial charge in [0.25, 0.3) is 0 Å². The molecule has 0 bridgehead atoms. The van der Waals surface area contributed by atoms with E-state index in [-0.39, 0.29) is 6.42 Å². The van der Waals surface area contributed by atoms with Crippen molar-refractivity contribution in [2.75, 3.05) is 0 Å². The first-order valence-electron chi connectivity index (χ1n) is 17.3. The average molecular weight is 679 g/mol. The summed E-state index contributed by atoms with van der Waals surface area (Å²) in [5.41, 5.74) is -5.76. The maximum atomic E-state index is 13.4. The number of carbonyl (C=O) groups excluding carboxylic acids is 4. The highest BCUT2D eigenvalue weighted by molar-refractivity contribution is 5.84. The van der Waals surface area contributed by atoms with Gasteiger partial charge in [-0.15, -0.1) is 0 Å². The Morgan fingerprint density at radius 3 is 1.88 bits per heavy atom. The molecule has 20 atom stereocenters. The SMILES string of the molecule is CC(=O)O[C@H]1[C@@H]2[C@H]([C@H](C)[C@H]3O[C@]34OC(=O)[C@@](C)(O)[C@]24C)[C@]2(C)[C@@H]1C1C([C@H](OC(C)=O)[C@@H]2OC(C)=O)[C@]2(C)[C@H](C[C@@H](O)[C@H](C)[C@@H]2O)C[C@@H]1O. The van der Waals surface area contributed by atoms with Crippen molar-refractivity contribution in [3.8, 4) is 0 Å². The predicted octanol–water partition coefficient (Wildman–Crippen LogP) is 1.10. The molecule has 0 aromatic heterocycles. The van der Waals surface area contributed by atoms with Crippen molar-refractivity contribution in [3.05, 3.63) is 0 Å². The monoisotopic (exact) mass is 678 g/mol. The standard InChI is InChI=1S/C35H50O13/c1-12-18(39)10-17-11-19(40)20-22-25(44-14(3)36)24-21(13(2)28-35(47-28)33(24,8)34(9,43)30(42)48-35)32(22,7)29(46-16(5)38)26(45-15(4)37)23(20)31(17,6)27(12)41/h12-13,17-29,39-41,43H,10-11H2,1-9H3/t12-,13-,17+,18+,19-,20?,21-,22+,23?,24-,25+,26-,27-,28+,29-,31-,32+,33-,34+,35-/m0/s1. The fraction of sp³-hybridized carbons (Fsp3) is 0.886. The van der Waals surface area contributed by atoms with E-state index >= 15 is 0 Å². The smallest absolute Gasteiger partial charge is 0.341 e. The van der Waals surface area contributed by atoms with Gasteiger partial charge >= 0.3 is 23.9 Å². The molecule has 4 N–H and O–H groups in total. The molecule has 13 heteroatoms. The Hall–Kier alpha value is -2.32. The summed E-state index contributed by atoms with van der Waals surface area (Å²) in [5.74, 6) is -9.35. The van der Waals surface area contributed by atoms with Gasteiger partial charge in [-0.05, 0) is 50.4 Å². The van der Waals surface area contributed by atoms with Crippen LogP contribution in [-0.2, 0) is 42.9 Å². The summed E-state index contributed by atoms with van der Waals surface area (Å²) in [6, 6.07) is 0. The molecule has 268 valence electrons. The van der Waals surface area contributed by atoms with Crippen molar-refractivity contribution in [2.45, 2.75) is 129 Å². The Balaban J connectivity index is 1.52. The lowest BCUT2D eigenvalue weighted by molar-refractivity contribution is -0.292. The van der Waals surface area contributed by atoms with Gasteiger partial charge in [0, 0.05) is 55.3 Å². The van der Waals surface area contributed by atoms with E-state index in [9.17, 15) is 39.6 Å². The zero-order valence-corrected chi connectivity index (χ0v) is 29.0. The van der Waals surface area contributed by atoms with Crippen LogP contribution in [0.15, 0.2) is 0 Å². The van der Waals surface area contributed by atoms with Crippen LogP contribution in [0, 0.1) is 63.6 Å². The minimum atomic E-state index is -2.08. The van der Waals surface area contributed by atoms with Crippen LogP contribution in [0.1, 0.15) is 75.2 Å². The molecule has 0 aromatic rings. The second-order valence-corrected chi connectivity index (χ2v) is 16.9. The van der Waals surface area contributed by atoms with Crippen molar-refractivity contribution in [1.29, 1.82) is 0 Å². The van der Waals surface area contributed by atoms with E-state index in [1.807, 2.05) is 20.8 Å². The largest absolute Gasteiger partial charge is 0.462 e. The Bertz CT molecular complexity index is 1450. The van der Waals surface area contributed by atoms with E-state index in [0.29, 0.717) is 6.42 Å². The van der Waals surface area contributed by atoms with Crippen molar-refractivity contribution >= 4 is 23.9 Å². The number of aliphatic hydroxyl groups is 4. The summed E-state index contributed by atoms with van der Waals surface area (Å²) in [6.45, 7) is 14.3. The summed E-state index contributed by atoms with van der Waals surface area (Å²) in [4.78, 5) is 52.5. The van der Waals surface area contributed by atoms with E-state index < -0.39 is 142 Å². The minimum Gasteiger partial charge on any atom is -0.462 e. The van der Waals surface area contributed by atoms with Gasteiger partial charge in [-0.1, -0.05) is 27.7 Å². The molecule has 2 heterocycles. The van der Waals surface area contributed by atoms with Crippen LogP contribution in [0.2, 0.25) is 0 Å². The molecule has 48 heavy (non-hydrogen) atoms. The Morgan fingerprint density at radius 2 is 1.29 bits per heavy atom. The topological polar surface area (TPSA) is 199 Å². The van der Waals surface area contributed by atoms with Crippen LogP contribution in [0.5, 0.6) is 0 Å². The number of fused-ring (bicyclic) bond motifs is 8. The Kier molecular flexibility index (Phi) is 7.21. The normalized spacial score (nSPS) is 58.9. The van der Waals surface area contributed by atoms with Gasteiger partial charge in [0.05, 0.1) is 23.7 Å². The molecular formula is C35H50O13. The number of ether oxygens (including phenoxy) is 5. The van der Waals surface area contributed by atoms with Crippen LogP contribution in [0.4, 0.5) is 0 Å². The fourth-order valence-electron chi connectivity index (χ4n) is 13.0. The Labute approximate surface area is 279 Å². The molecule has 5 aliphatic carbocycles. The second-order valence-electron chi connectivity index (χ2n) is 16.9. The fourth-order valence-corrected chi connectivity index (χ4v) is 13.0. The summed E-state index contributed by atoms with van der Waals surface area (Å²) in [7, 11) is 0. The number of carbonyl (C=O) groups is 4. The van der Waals surface area contributed by atoms with Crippen molar-refractivity contribution in [3.63, 3.8) is 0 Å². The lowest BCUT2D eigenvalue weighted by Crippen LogP contribution is -2.73. The number of esters is 4. The molecule has 0 aromatic carbocycles. The first-order valence-corrected chi connectivity index (χ1v) is 17.3. The maximum Gasteiger partial charge on any atom is 0.341 e. The maximum absolute atomic E-state index is 13.4. The van der Waals surface area contributed by atoms with E-state index in [1.165, 1.54) is 27.7 Å². The second kappa shape index (κ2) is 10.1. The van der Waals surface area contributed by atoms with E-state index in [1.54, 1.807) is 13.8 Å². The van der Waals surface area contributed by atoms with Gasteiger partial charge in [0.15, 0.2) is 5.60 Å². The van der Waals surface area contributed by atoms with Crippen LogP contribution in [0.25, 0.3) is 0 Å². The highest BCUT2D eigenvalue weighted by Gasteiger charge is 2.93. The third-order valence-corrected chi connectivity index (χ3v) is 15.1. The van der Waals surface area contributed by atoms with E-state index in [0.717, 1.165) is 0 Å². The van der Waals surface area contributed by atoms with Crippen LogP contribution in [-0.4, -0.2) is 98.4 Å². The van der Waals surface area contributed by atoms with Crippen molar-refractivity contribution < 1.29 is 63.3 Å². The van der Waals surface area contributed by atoms with Gasteiger partial charge in [-0.2, -0.15) is 0 Å². The summed E-state index contributed by atoms with van der Waals surface area (Å²) in [6.07, 6.45) is -6.48. The number of hydrogen-bond acceptors (Lipinski definition) is 13. The van der Waals surface area contributed by atoms with Crippen LogP contribution < -0.4 is 0 Å². The number of hydrogen-bond donors (Lipinski definition) is 4. The van der Waals surface area contributed by atoms with Gasteiger partial charge < -0.3 is 44.1 Å². The number of rotatable bonds is 3. The summed E-state index contributed by atoms with van der Waals surface area (Å²) in [5, 5.41) is 47.3. The zero-order chi connectivity index (χ0) is 35.4. The van der Waals surface area contributed by atoms with Crippen molar-refractivity contribution in [2.24, 2.45) is 63.6 Å². The van der Waals surface area contributed by atoms with E-state index in [2.05, 4.69) is 0 Å². The van der Waals surface area contributed by atoms with Gasteiger partial charge in [-0.3, -0.25) is 14.4 Å². The number of epoxide rings is 1. The molecule has 2 saturated heterocycles. The highest BCUT2D eigenvalue weighted by atomic mass is 16.8. The first kappa shape index (κ1) is 34.1. The molecule has 2 unspecified atom stereocenters. The number of aliphatic hydroxyl groups excluding tert-OH is 3. The lowest BCUT2D eigenvalue weighted by Gasteiger charge is -2.67. The third kappa shape index (κ3) is 3.75. The van der Waals surface area contributed by atoms with Crippen LogP contribution >= 0.6 is 0 Å². The van der Waals surface area contributed by atoms with Gasteiger partial charge in [0.2, 0.25) is 5.79 Å². The molecular weight excluding hydrogens is 628 g/mol.